The summed E-state index contributed by atoms with van der Waals surface area (Å²) < 4.78 is 1.10. The van der Waals surface area contributed by atoms with Gasteiger partial charge in [-0.1, -0.05) is 23.9 Å². The van der Waals surface area contributed by atoms with Crippen LogP contribution in [0.25, 0.3) is 0 Å². The summed E-state index contributed by atoms with van der Waals surface area (Å²) in [5.74, 6) is 0. The zero-order valence-corrected chi connectivity index (χ0v) is 11.0. The largest absolute Gasteiger partial charge is 0.316 e. The van der Waals surface area contributed by atoms with Gasteiger partial charge in [-0.05, 0) is 31.2 Å². The minimum absolute atomic E-state index is 0.920. The monoisotopic (exact) mass is 250 g/mol. The molecular formula is C12H14N2S2. The van der Waals surface area contributed by atoms with Gasteiger partial charge in [0.15, 0.2) is 4.34 Å². The minimum Gasteiger partial charge on any atom is -0.316 e. The molecule has 1 N–H and O–H groups in total. The van der Waals surface area contributed by atoms with Crippen LogP contribution >= 0.6 is 23.1 Å². The molecule has 16 heavy (non-hydrogen) atoms. The molecule has 4 heteroatoms. The van der Waals surface area contributed by atoms with Crippen LogP contribution in [0.4, 0.5) is 0 Å². The molecule has 2 rings (SSSR count). The number of benzene rings is 1. The van der Waals surface area contributed by atoms with E-state index >= 15 is 0 Å². The Kier molecular flexibility index (Phi) is 3.98. The number of hydrogen-bond acceptors (Lipinski definition) is 4. The summed E-state index contributed by atoms with van der Waals surface area (Å²) in [4.78, 5) is 5.57. The van der Waals surface area contributed by atoms with Crippen molar-refractivity contribution in [3.63, 3.8) is 0 Å². The Bertz CT molecular complexity index is 452. The van der Waals surface area contributed by atoms with Crippen LogP contribution < -0.4 is 5.32 Å². The standard InChI is InChI=1S/C12H14N2S2/c1-9-7-10(8-13-2)3-4-11(9)16-12-14-5-6-15-12/h3-7,13H,8H2,1-2H3. The molecule has 0 unspecified atom stereocenters. The maximum Gasteiger partial charge on any atom is 0.154 e. The quantitative estimate of drug-likeness (QED) is 0.901. The summed E-state index contributed by atoms with van der Waals surface area (Å²) in [6.45, 7) is 3.07. The molecule has 2 nitrogen and oxygen atoms in total. The number of aromatic nitrogens is 1. The van der Waals surface area contributed by atoms with E-state index in [4.69, 9.17) is 0 Å². The Labute approximate surface area is 104 Å². The summed E-state index contributed by atoms with van der Waals surface area (Å²) >= 11 is 3.42. The van der Waals surface area contributed by atoms with Gasteiger partial charge in [-0.15, -0.1) is 11.3 Å². The molecule has 0 aliphatic carbocycles. The number of rotatable bonds is 4. The Balaban J connectivity index is 2.16. The zero-order valence-electron chi connectivity index (χ0n) is 9.36. The van der Waals surface area contributed by atoms with Crippen LogP contribution in [0.15, 0.2) is 39.0 Å². The Morgan fingerprint density at radius 3 is 2.94 bits per heavy atom. The van der Waals surface area contributed by atoms with E-state index in [1.54, 1.807) is 23.1 Å². The number of nitrogens with zero attached hydrogens (tertiary/aromatic N) is 1. The molecule has 0 aliphatic heterocycles. The summed E-state index contributed by atoms with van der Waals surface area (Å²) in [5.41, 5.74) is 2.64. The highest BCUT2D eigenvalue weighted by atomic mass is 32.2. The smallest absolute Gasteiger partial charge is 0.154 e. The molecule has 1 aromatic heterocycles. The van der Waals surface area contributed by atoms with Gasteiger partial charge >= 0.3 is 0 Å². The normalized spacial score (nSPS) is 10.6. The lowest BCUT2D eigenvalue weighted by Crippen LogP contribution is -2.04. The maximum absolute atomic E-state index is 4.28. The molecule has 0 bridgehead atoms. The second-order valence-electron chi connectivity index (χ2n) is 3.53. The van der Waals surface area contributed by atoms with E-state index in [1.165, 1.54) is 16.0 Å². The Morgan fingerprint density at radius 1 is 1.44 bits per heavy atom. The molecule has 0 aliphatic rings. The highest BCUT2D eigenvalue weighted by Gasteiger charge is 2.03. The fraction of sp³-hybridized carbons (Fsp3) is 0.250. The van der Waals surface area contributed by atoms with E-state index in [0.29, 0.717) is 0 Å². The van der Waals surface area contributed by atoms with Gasteiger partial charge in [0, 0.05) is 23.0 Å². The van der Waals surface area contributed by atoms with Crippen LogP contribution in [-0.2, 0) is 6.54 Å². The lowest BCUT2D eigenvalue weighted by molar-refractivity contribution is 0.815. The van der Waals surface area contributed by atoms with Crippen molar-refractivity contribution in [3.05, 3.63) is 40.9 Å². The van der Waals surface area contributed by atoms with E-state index in [0.717, 1.165) is 10.9 Å². The van der Waals surface area contributed by atoms with E-state index in [1.807, 2.05) is 18.6 Å². The van der Waals surface area contributed by atoms with Crippen molar-refractivity contribution in [2.24, 2.45) is 0 Å². The van der Waals surface area contributed by atoms with Crippen molar-refractivity contribution < 1.29 is 0 Å². The SMILES string of the molecule is CNCc1ccc(Sc2nccs2)c(C)c1. The van der Waals surface area contributed by atoms with Gasteiger partial charge in [0.05, 0.1) is 0 Å². The van der Waals surface area contributed by atoms with Gasteiger partial charge in [-0.2, -0.15) is 0 Å². The third kappa shape index (κ3) is 2.84. The van der Waals surface area contributed by atoms with Gasteiger partial charge < -0.3 is 5.32 Å². The van der Waals surface area contributed by atoms with Crippen LogP contribution in [0.5, 0.6) is 0 Å². The van der Waals surface area contributed by atoms with E-state index in [2.05, 4.69) is 35.4 Å². The minimum atomic E-state index is 0.920. The molecule has 84 valence electrons. The van der Waals surface area contributed by atoms with Crippen LogP contribution in [0.2, 0.25) is 0 Å². The van der Waals surface area contributed by atoms with Gasteiger partial charge in [0.2, 0.25) is 0 Å². The first-order valence-electron chi connectivity index (χ1n) is 5.11. The third-order valence-electron chi connectivity index (χ3n) is 2.23. The molecule has 0 saturated heterocycles. The lowest BCUT2D eigenvalue weighted by Gasteiger charge is -2.06. The summed E-state index contributed by atoms with van der Waals surface area (Å²) in [6, 6.07) is 6.57. The van der Waals surface area contributed by atoms with E-state index in [9.17, 15) is 0 Å². The highest BCUT2D eigenvalue weighted by molar-refractivity contribution is 8.01. The van der Waals surface area contributed by atoms with Crippen LogP contribution in [-0.4, -0.2) is 12.0 Å². The zero-order chi connectivity index (χ0) is 11.4. The van der Waals surface area contributed by atoms with Crippen molar-refractivity contribution in [2.75, 3.05) is 7.05 Å². The fourth-order valence-corrected chi connectivity index (χ4v) is 3.14. The van der Waals surface area contributed by atoms with Crippen LogP contribution in [0, 0.1) is 6.92 Å². The van der Waals surface area contributed by atoms with Gasteiger partial charge in [0.1, 0.15) is 0 Å². The molecule has 1 aromatic carbocycles. The number of aryl methyl sites for hydroxylation is 1. The number of nitrogens with one attached hydrogen (secondary N) is 1. The van der Waals surface area contributed by atoms with E-state index in [-0.39, 0.29) is 0 Å². The second kappa shape index (κ2) is 5.48. The molecule has 0 radical (unpaired) electrons. The van der Waals surface area contributed by atoms with Crippen LogP contribution in [0.1, 0.15) is 11.1 Å². The average molecular weight is 250 g/mol. The first-order chi connectivity index (χ1) is 7.79. The lowest BCUT2D eigenvalue weighted by atomic mass is 10.1. The summed E-state index contributed by atoms with van der Waals surface area (Å²) in [5, 5.41) is 5.17. The molecular weight excluding hydrogens is 236 g/mol. The predicted octanol–water partition coefficient (Wildman–Crippen LogP) is 3.32. The van der Waals surface area contributed by atoms with Crippen molar-refractivity contribution in [1.29, 1.82) is 0 Å². The molecule has 0 fully saturated rings. The Morgan fingerprint density at radius 2 is 2.31 bits per heavy atom. The molecule has 0 atom stereocenters. The molecule has 1 heterocycles. The fourth-order valence-electron chi connectivity index (χ4n) is 1.49. The molecule has 0 spiro atoms. The number of thiazole rings is 1. The highest BCUT2D eigenvalue weighted by Crippen LogP contribution is 2.31. The van der Waals surface area contributed by atoms with Gasteiger partial charge in [-0.25, -0.2) is 4.98 Å². The average Bonchev–Trinajstić information content (AvgIpc) is 2.75. The van der Waals surface area contributed by atoms with Crippen molar-refractivity contribution in [1.82, 2.24) is 10.3 Å². The van der Waals surface area contributed by atoms with Crippen molar-refractivity contribution in [3.8, 4) is 0 Å². The Hall–Kier alpha value is -0.840. The number of hydrogen-bond donors (Lipinski definition) is 1. The predicted molar refractivity (Wildman–Crippen MR) is 70.2 cm³/mol. The summed E-state index contributed by atoms with van der Waals surface area (Å²) in [6.07, 6.45) is 1.84. The topological polar surface area (TPSA) is 24.9 Å². The van der Waals surface area contributed by atoms with Crippen molar-refractivity contribution in [2.45, 2.75) is 22.7 Å². The van der Waals surface area contributed by atoms with Gasteiger partial charge in [0.25, 0.3) is 0 Å². The first-order valence-corrected chi connectivity index (χ1v) is 6.80. The molecule has 0 saturated carbocycles. The summed E-state index contributed by atoms with van der Waals surface area (Å²) in [7, 11) is 1.97. The van der Waals surface area contributed by atoms with Crippen molar-refractivity contribution >= 4 is 23.1 Å². The van der Waals surface area contributed by atoms with E-state index < -0.39 is 0 Å². The first kappa shape index (κ1) is 11.6. The third-order valence-corrected chi connectivity index (χ3v) is 4.29. The maximum atomic E-state index is 4.28. The molecule has 2 aromatic rings. The molecule has 0 amide bonds. The second-order valence-corrected chi connectivity index (χ2v) is 5.71. The van der Waals surface area contributed by atoms with Crippen LogP contribution in [0.3, 0.4) is 0 Å². The van der Waals surface area contributed by atoms with Gasteiger partial charge in [-0.3, -0.25) is 0 Å².